The van der Waals surface area contributed by atoms with Crippen LogP contribution in [-0.2, 0) is 4.79 Å². The van der Waals surface area contributed by atoms with Gasteiger partial charge in [-0.1, -0.05) is 0 Å². The van der Waals surface area contributed by atoms with Crippen LogP contribution < -0.4 is 10.1 Å². The summed E-state index contributed by atoms with van der Waals surface area (Å²) in [5.41, 5.74) is 0. The first kappa shape index (κ1) is 10.5. The van der Waals surface area contributed by atoms with Crippen LogP contribution in [0.5, 0.6) is 11.5 Å². The fraction of sp³-hybridized carbons (Fsp3) is 0.300. The van der Waals surface area contributed by atoms with E-state index < -0.39 is 0 Å². The van der Waals surface area contributed by atoms with Crippen molar-refractivity contribution in [3.05, 3.63) is 24.3 Å². The zero-order valence-corrected chi connectivity index (χ0v) is 8.15. The molecule has 1 rings (SSSR count). The van der Waals surface area contributed by atoms with E-state index in [4.69, 9.17) is 9.84 Å². The Bertz CT molecular complexity index is 308. The number of phenolic OH excluding ortho intramolecular Hbond substituents is 1. The minimum absolute atomic E-state index is 0.145. The highest BCUT2D eigenvalue weighted by Gasteiger charge is 2.12. The molecule has 0 spiro atoms. The lowest BCUT2D eigenvalue weighted by atomic mass is 10.3. The van der Waals surface area contributed by atoms with Crippen molar-refractivity contribution < 1.29 is 14.6 Å². The summed E-state index contributed by atoms with van der Waals surface area (Å²) >= 11 is 0. The number of hydrogen-bond acceptors (Lipinski definition) is 4. The SMILES string of the molecule is CNC(C)C(=O)Oc1ccc(O)cc1. The Balaban J connectivity index is 2.60. The summed E-state index contributed by atoms with van der Waals surface area (Å²) in [6, 6.07) is 5.66. The number of phenols is 1. The highest BCUT2D eigenvalue weighted by molar-refractivity contribution is 5.77. The van der Waals surface area contributed by atoms with Crippen LogP contribution in [0.25, 0.3) is 0 Å². The van der Waals surface area contributed by atoms with E-state index in [0.29, 0.717) is 5.75 Å². The van der Waals surface area contributed by atoms with Gasteiger partial charge in [0.1, 0.15) is 17.5 Å². The number of esters is 1. The Kier molecular flexibility index (Phi) is 3.48. The zero-order chi connectivity index (χ0) is 10.6. The summed E-state index contributed by atoms with van der Waals surface area (Å²) in [7, 11) is 1.68. The third-order valence-corrected chi connectivity index (χ3v) is 1.84. The van der Waals surface area contributed by atoms with Crippen LogP contribution in [-0.4, -0.2) is 24.2 Å². The first-order valence-corrected chi connectivity index (χ1v) is 4.31. The summed E-state index contributed by atoms with van der Waals surface area (Å²) in [5, 5.41) is 11.8. The van der Waals surface area contributed by atoms with Crippen molar-refractivity contribution in [1.29, 1.82) is 0 Å². The molecule has 0 aliphatic carbocycles. The number of ether oxygens (including phenoxy) is 1. The molecule has 4 heteroatoms. The summed E-state index contributed by atoms with van der Waals surface area (Å²) in [4.78, 5) is 11.3. The predicted molar refractivity (Wildman–Crippen MR) is 52.3 cm³/mol. The van der Waals surface area contributed by atoms with Crippen molar-refractivity contribution in [2.45, 2.75) is 13.0 Å². The molecule has 0 amide bonds. The van der Waals surface area contributed by atoms with E-state index >= 15 is 0 Å². The molecular formula is C10H13NO3. The van der Waals surface area contributed by atoms with E-state index in [1.165, 1.54) is 24.3 Å². The number of aromatic hydroxyl groups is 1. The van der Waals surface area contributed by atoms with Crippen LogP contribution in [0.4, 0.5) is 0 Å². The lowest BCUT2D eigenvalue weighted by Gasteiger charge is -2.09. The van der Waals surface area contributed by atoms with Gasteiger partial charge in [-0.3, -0.25) is 0 Å². The van der Waals surface area contributed by atoms with Gasteiger partial charge >= 0.3 is 5.97 Å². The smallest absolute Gasteiger partial charge is 0.328 e. The molecule has 0 fully saturated rings. The van der Waals surface area contributed by atoms with Crippen molar-refractivity contribution in [1.82, 2.24) is 5.32 Å². The Morgan fingerprint density at radius 3 is 2.50 bits per heavy atom. The van der Waals surface area contributed by atoms with Gasteiger partial charge in [-0.25, -0.2) is 4.79 Å². The highest BCUT2D eigenvalue weighted by Crippen LogP contribution is 2.16. The third kappa shape index (κ3) is 2.74. The van der Waals surface area contributed by atoms with Gasteiger partial charge in [-0.15, -0.1) is 0 Å². The molecule has 1 aromatic rings. The zero-order valence-electron chi connectivity index (χ0n) is 8.15. The maximum absolute atomic E-state index is 11.3. The van der Waals surface area contributed by atoms with Gasteiger partial charge in [0.15, 0.2) is 0 Å². The van der Waals surface area contributed by atoms with Gasteiger partial charge < -0.3 is 15.2 Å². The van der Waals surface area contributed by atoms with Gasteiger partial charge in [-0.2, -0.15) is 0 Å². The minimum atomic E-state index is -0.349. The number of carbonyl (C=O) groups excluding carboxylic acids is 1. The number of nitrogens with one attached hydrogen (secondary N) is 1. The van der Waals surface area contributed by atoms with Crippen molar-refractivity contribution in [2.75, 3.05) is 7.05 Å². The second-order valence-electron chi connectivity index (χ2n) is 2.93. The molecule has 0 aliphatic heterocycles. The molecule has 0 aliphatic rings. The van der Waals surface area contributed by atoms with Gasteiger partial charge in [0.05, 0.1) is 0 Å². The van der Waals surface area contributed by atoms with E-state index in [-0.39, 0.29) is 17.8 Å². The largest absolute Gasteiger partial charge is 0.508 e. The number of likely N-dealkylation sites (N-methyl/N-ethyl adjacent to an activating group) is 1. The molecule has 4 nitrogen and oxygen atoms in total. The molecule has 2 N–H and O–H groups in total. The van der Waals surface area contributed by atoms with Crippen LogP contribution >= 0.6 is 0 Å². The summed E-state index contributed by atoms with van der Waals surface area (Å²) in [6.07, 6.45) is 0. The molecular weight excluding hydrogens is 182 g/mol. The minimum Gasteiger partial charge on any atom is -0.508 e. The van der Waals surface area contributed by atoms with E-state index in [0.717, 1.165) is 0 Å². The average molecular weight is 195 g/mol. The Morgan fingerprint density at radius 1 is 1.43 bits per heavy atom. The Morgan fingerprint density at radius 2 is 2.00 bits per heavy atom. The van der Waals surface area contributed by atoms with Crippen molar-refractivity contribution in [3.8, 4) is 11.5 Å². The molecule has 0 saturated heterocycles. The van der Waals surface area contributed by atoms with Crippen LogP contribution in [0, 0.1) is 0 Å². The predicted octanol–water partition coefficient (Wildman–Crippen LogP) is 0.905. The first-order chi connectivity index (χ1) is 6.63. The second-order valence-corrected chi connectivity index (χ2v) is 2.93. The maximum Gasteiger partial charge on any atom is 0.328 e. The second kappa shape index (κ2) is 4.62. The van der Waals surface area contributed by atoms with Crippen LogP contribution in [0.1, 0.15) is 6.92 Å². The molecule has 0 bridgehead atoms. The van der Waals surface area contributed by atoms with Gasteiger partial charge in [0, 0.05) is 0 Å². The summed E-state index contributed by atoms with van der Waals surface area (Å²) in [6.45, 7) is 1.71. The summed E-state index contributed by atoms with van der Waals surface area (Å²) in [5.74, 6) is 0.222. The molecule has 14 heavy (non-hydrogen) atoms. The third-order valence-electron chi connectivity index (χ3n) is 1.84. The van der Waals surface area contributed by atoms with Crippen molar-refractivity contribution in [2.24, 2.45) is 0 Å². The standard InChI is InChI=1S/C10H13NO3/c1-7(11-2)10(13)14-9-5-3-8(12)4-6-9/h3-7,11-12H,1-2H3. The quantitative estimate of drug-likeness (QED) is 0.556. The van der Waals surface area contributed by atoms with Crippen LogP contribution in [0.3, 0.4) is 0 Å². The number of hydrogen-bond donors (Lipinski definition) is 2. The maximum atomic E-state index is 11.3. The molecule has 0 radical (unpaired) electrons. The number of carbonyl (C=O) groups is 1. The van der Waals surface area contributed by atoms with E-state index in [1.807, 2.05) is 0 Å². The molecule has 0 aromatic heterocycles. The number of rotatable bonds is 3. The topological polar surface area (TPSA) is 58.6 Å². The molecule has 0 saturated carbocycles. The average Bonchev–Trinajstić information content (AvgIpc) is 2.20. The first-order valence-electron chi connectivity index (χ1n) is 4.31. The lowest BCUT2D eigenvalue weighted by Crippen LogP contribution is -2.34. The van der Waals surface area contributed by atoms with Crippen LogP contribution in [0.2, 0.25) is 0 Å². The number of benzene rings is 1. The van der Waals surface area contributed by atoms with E-state index in [1.54, 1.807) is 14.0 Å². The van der Waals surface area contributed by atoms with E-state index in [9.17, 15) is 4.79 Å². The fourth-order valence-electron chi connectivity index (χ4n) is 0.837. The van der Waals surface area contributed by atoms with Crippen molar-refractivity contribution >= 4 is 5.97 Å². The lowest BCUT2D eigenvalue weighted by molar-refractivity contribution is -0.136. The molecule has 1 atom stereocenters. The Labute approximate surface area is 82.5 Å². The monoisotopic (exact) mass is 195 g/mol. The van der Waals surface area contributed by atoms with E-state index in [2.05, 4.69) is 5.32 Å². The molecule has 76 valence electrons. The molecule has 0 heterocycles. The fourth-order valence-corrected chi connectivity index (χ4v) is 0.837. The van der Waals surface area contributed by atoms with Gasteiger partial charge in [0.2, 0.25) is 0 Å². The summed E-state index contributed by atoms with van der Waals surface area (Å²) < 4.78 is 5.01. The Hall–Kier alpha value is -1.55. The molecule has 1 aromatic carbocycles. The van der Waals surface area contributed by atoms with Gasteiger partial charge in [-0.05, 0) is 38.2 Å². The highest BCUT2D eigenvalue weighted by atomic mass is 16.5. The normalized spacial score (nSPS) is 12.1. The van der Waals surface area contributed by atoms with Crippen molar-refractivity contribution in [3.63, 3.8) is 0 Å². The van der Waals surface area contributed by atoms with Gasteiger partial charge in [0.25, 0.3) is 0 Å². The molecule has 1 unspecified atom stereocenters. The van der Waals surface area contributed by atoms with Crippen LogP contribution in [0.15, 0.2) is 24.3 Å².